The number of H-pyrrole nitrogens is 1. The standard InChI is InChI=1S/C14H18N4O3/c1-3-21-14(19)8-12-16-13(18-17-12)9-15-10-4-6-11(20-2)7-5-10/h4-7,15H,3,8-9H2,1-2H3,(H,16,17,18). The van der Waals surface area contributed by atoms with E-state index in [0.717, 1.165) is 11.4 Å². The van der Waals surface area contributed by atoms with Gasteiger partial charge in [-0.15, -0.1) is 0 Å². The zero-order valence-corrected chi connectivity index (χ0v) is 12.0. The van der Waals surface area contributed by atoms with Crippen molar-refractivity contribution in [3.8, 4) is 5.75 Å². The van der Waals surface area contributed by atoms with Gasteiger partial charge in [-0.3, -0.25) is 9.89 Å². The highest BCUT2D eigenvalue weighted by Gasteiger charge is 2.09. The zero-order valence-electron chi connectivity index (χ0n) is 12.0. The number of hydrogen-bond acceptors (Lipinski definition) is 6. The Labute approximate surface area is 122 Å². The predicted molar refractivity (Wildman–Crippen MR) is 77.0 cm³/mol. The smallest absolute Gasteiger partial charge is 0.313 e. The molecule has 7 nitrogen and oxygen atoms in total. The number of nitrogens with one attached hydrogen (secondary N) is 2. The topological polar surface area (TPSA) is 89.1 Å². The fourth-order valence-electron chi connectivity index (χ4n) is 1.73. The molecule has 0 aliphatic carbocycles. The lowest BCUT2D eigenvalue weighted by Gasteiger charge is -2.05. The number of esters is 1. The minimum atomic E-state index is -0.328. The Balaban J connectivity index is 1.85. The molecule has 0 saturated heterocycles. The van der Waals surface area contributed by atoms with Gasteiger partial charge in [0.2, 0.25) is 0 Å². The van der Waals surface area contributed by atoms with E-state index in [1.165, 1.54) is 0 Å². The van der Waals surface area contributed by atoms with Crippen LogP contribution in [0.4, 0.5) is 5.69 Å². The fraction of sp³-hybridized carbons (Fsp3) is 0.357. The zero-order chi connectivity index (χ0) is 15.1. The predicted octanol–water partition coefficient (Wildman–Crippen LogP) is 1.53. The summed E-state index contributed by atoms with van der Waals surface area (Å²) in [7, 11) is 1.63. The molecule has 112 valence electrons. The minimum Gasteiger partial charge on any atom is -0.497 e. The molecule has 0 spiro atoms. The second-order valence-corrected chi connectivity index (χ2v) is 4.26. The van der Waals surface area contributed by atoms with E-state index in [0.29, 0.717) is 24.8 Å². The van der Waals surface area contributed by atoms with E-state index in [4.69, 9.17) is 9.47 Å². The molecule has 0 aliphatic rings. The molecular weight excluding hydrogens is 272 g/mol. The van der Waals surface area contributed by atoms with E-state index in [9.17, 15) is 4.79 Å². The highest BCUT2D eigenvalue weighted by Crippen LogP contribution is 2.15. The van der Waals surface area contributed by atoms with Crippen LogP contribution in [0.5, 0.6) is 5.75 Å². The summed E-state index contributed by atoms with van der Waals surface area (Å²) in [5.41, 5.74) is 0.944. The molecule has 0 saturated carbocycles. The van der Waals surface area contributed by atoms with Crippen molar-refractivity contribution < 1.29 is 14.3 Å². The van der Waals surface area contributed by atoms with Gasteiger partial charge >= 0.3 is 5.97 Å². The number of nitrogens with zero attached hydrogens (tertiary/aromatic N) is 2. The third kappa shape index (κ3) is 4.48. The summed E-state index contributed by atoms with van der Waals surface area (Å²) in [6, 6.07) is 7.56. The van der Waals surface area contributed by atoms with Gasteiger partial charge in [-0.2, -0.15) is 5.10 Å². The number of hydrogen-bond donors (Lipinski definition) is 2. The van der Waals surface area contributed by atoms with Gasteiger partial charge in [-0.1, -0.05) is 0 Å². The molecule has 2 rings (SSSR count). The Bertz CT molecular complexity index is 580. The normalized spacial score (nSPS) is 10.2. The number of methoxy groups -OCH3 is 1. The van der Waals surface area contributed by atoms with Gasteiger partial charge in [0.25, 0.3) is 0 Å². The van der Waals surface area contributed by atoms with Crippen LogP contribution in [0.3, 0.4) is 0 Å². The molecule has 0 radical (unpaired) electrons. The third-order valence-electron chi connectivity index (χ3n) is 2.74. The number of carbonyl (C=O) groups is 1. The van der Waals surface area contributed by atoms with Gasteiger partial charge in [-0.25, -0.2) is 4.98 Å². The monoisotopic (exact) mass is 290 g/mol. The van der Waals surface area contributed by atoms with Crippen LogP contribution < -0.4 is 10.1 Å². The second-order valence-electron chi connectivity index (χ2n) is 4.26. The molecule has 2 N–H and O–H groups in total. The average Bonchev–Trinajstić information content (AvgIpc) is 2.93. The van der Waals surface area contributed by atoms with Gasteiger partial charge in [0.1, 0.15) is 18.0 Å². The molecule has 0 unspecified atom stereocenters. The summed E-state index contributed by atoms with van der Waals surface area (Å²) in [5, 5.41) is 9.97. The Hall–Kier alpha value is -2.57. The lowest BCUT2D eigenvalue weighted by molar-refractivity contribution is -0.142. The number of carbonyl (C=O) groups excluding carboxylic acids is 1. The molecule has 0 amide bonds. The molecule has 1 heterocycles. The van der Waals surface area contributed by atoms with Crippen molar-refractivity contribution in [1.29, 1.82) is 0 Å². The van der Waals surface area contributed by atoms with Gasteiger partial charge in [0.05, 0.1) is 20.3 Å². The van der Waals surface area contributed by atoms with E-state index in [1.54, 1.807) is 14.0 Å². The van der Waals surface area contributed by atoms with E-state index in [1.807, 2.05) is 24.3 Å². The average molecular weight is 290 g/mol. The molecule has 21 heavy (non-hydrogen) atoms. The van der Waals surface area contributed by atoms with Gasteiger partial charge < -0.3 is 14.8 Å². The van der Waals surface area contributed by atoms with E-state index in [-0.39, 0.29) is 12.4 Å². The molecule has 0 fully saturated rings. The van der Waals surface area contributed by atoms with E-state index < -0.39 is 0 Å². The maximum absolute atomic E-state index is 11.3. The Morgan fingerprint density at radius 1 is 1.33 bits per heavy atom. The molecule has 0 aliphatic heterocycles. The molecule has 1 aromatic heterocycles. The first-order valence-electron chi connectivity index (χ1n) is 6.65. The van der Waals surface area contributed by atoms with Crippen LogP contribution in [0.25, 0.3) is 0 Å². The highest BCUT2D eigenvalue weighted by atomic mass is 16.5. The maximum Gasteiger partial charge on any atom is 0.313 e. The maximum atomic E-state index is 11.3. The van der Waals surface area contributed by atoms with Gasteiger partial charge in [-0.05, 0) is 31.2 Å². The van der Waals surface area contributed by atoms with Gasteiger partial charge in [0.15, 0.2) is 5.82 Å². The van der Waals surface area contributed by atoms with Crippen molar-refractivity contribution in [2.24, 2.45) is 0 Å². The van der Waals surface area contributed by atoms with E-state index >= 15 is 0 Å². The Morgan fingerprint density at radius 3 is 2.76 bits per heavy atom. The molecule has 0 atom stereocenters. The fourth-order valence-corrected chi connectivity index (χ4v) is 1.73. The Morgan fingerprint density at radius 2 is 2.10 bits per heavy atom. The van der Waals surface area contributed by atoms with Crippen LogP contribution in [0.2, 0.25) is 0 Å². The summed E-state index contributed by atoms with van der Waals surface area (Å²) in [4.78, 5) is 15.5. The van der Waals surface area contributed by atoms with Crippen LogP contribution in [0.15, 0.2) is 24.3 Å². The molecule has 1 aromatic carbocycles. The first-order valence-corrected chi connectivity index (χ1v) is 6.65. The lowest BCUT2D eigenvalue weighted by atomic mass is 10.3. The molecular formula is C14H18N4O3. The van der Waals surface area contributed by atoms with Gasteiger partial charge in [0, 0.05) is 5.69 Å². The highest BCUT2D eigenvalue weighted by molar-refractivity contribution is 5.71. The van der Waals surface area contributed by atoms with Crippen LogP contribution in [-0.2, 0) is 22.5 Å². The summed E-state index contributed by atoms with van der Waals surface area (Å²) < 4.78 is 9.94. The summed E-state index contributed by atoms with van der Waals surface area (Å²) >= 11 is 0. The third-order valence-corrected chi connectivity index (χ3v) is 2.74. The number of rotatable bonds is 7. The van der Waals surface area contributed by atoms with Crippen molar-refractivity contribution in [3.05, 3.63) is 35.9 Å². The number of ether oxygens (including phenoxy) is 2. The van der Waals surface area contributed by atoms with Crippen molar-refractivity contribution in [2.75, 3.05) is 19.0 Å². The summed E-state index contributed by atoms with van der Waals surface area (Å²) in [6.45, 7) is 2.61. The van der Waals surface area contributed by atoms with Crippen LogP contribution in [-0.4, -0.2) is 34.9 Å². The minimum absolute atomic E-state index is 0.0763. The van der Waals surface area contributed by atoms with E-state index in [2.05, 4.69) is 20.5 Å². The second kappa shape index (κ2) is 7.28. The summed E-state index contributed by atoms with van der Waals surface area (Å²) in [6.07, 6.45) is 0.0763. The van der Waals surface area contributed by atoms with Crippen molar-refractivity contribution in [2.45, 2.75) is 19.9 Å². The first kappa shape index (κ1) is 14.8. The lowest BCUT2D eigenvalue weighted by Crippen LogP contribution is -2.08. The quantitative estimate of drug-likeness (QED) is 0.752. The number of aromatic nitrogens is 3. The molecule has 0 bridgehead atoms. The number of benzene rings is 1. The van der Waals surface area contributed by atoms with Crippen LogP contribution >= 0.6 is 0 Å². The summed E-state index contributed by atoms with van der Waals surface area (Å²) in [5.74, 6) is 1.56. The van der Waals surface area contributed by atoms with Crippen molar-refractivity contribution in [1.82, 2.24) is 15.2 Å². The molecule has 2 aromatic rings. The SMILES string of the molecule is CCOC(=O)Cc1n[nH]c(CNc2ccc(OC)cc2)n1. The van der Waals surface area contributed by atoms with Crippen LogP contribution in [0, 0.1) is 0 Å². The van der Waals surface area contributed by atoms with Crippen molar-refractivity contribution >= 4 is 11.7 Å². The number of aromatic amines is 1. The Kier molecular flexibility index (Phi) is 5.14. The van der Waals surface area contributed by atoms with Crippen LogP contribution in [0.1, 0.15) is 18.6 Å². The van der Waals surface area contributed by atoms with Crippen molar-refractivity contribution in [3.63, 3.8) is 0 Å². The first-order chi connectivity index (χ1) is 10.2. The number of anilines is 1. The molecule has 7 heteroatoms. The largest absolute Gasteiger partial charge is 0.497 e.